The molecule has 0 N–H and O–H groups in total. The summed E-state index contributed by atoms with van der Waals surface area (Å²) >= 11 is 0. The molecule has 0 unspecified atom stereocenters. The average molecular weight is 284 g/mol. The molecule has 0 spiro atoms. The molecule has 2 aromatic carbocycles. The van der Waals surface area contributed by atoms with E-state index in [-0.39, 0.29) is 11.4 Å². The van der Waals surface area contributed by atoms with Gasteiger partial charge in [0, 0.05) is 4.91 Å². The third-order valence-corrected chi connectivity index (χ3v) is 2.82. The molecule has 0 saturated carbocycles. The van der Waals surface area contributed by atoms with Crippen LogP contribution in [0.2, 0.25) is 0 Å². The summed E-state index contributed by atoms with van der Waals surface area (Å²) in [4.78, 5) is 12.9. The van der Waals surface area contributed by atoms with Crippen molar-refractivity contribution in [1.29, 1.82) is 0 Å². The molecular formula is C14H12N4O3. The molecule has 0 amide bonds. The predicted molar refractivity (Wildman–Crippen MR) is 77.4 cm³/mol. The molecule has 0 radical (unpaired) electrons. The maximum atomic E-state index is 10.9. The molecule has 0 aliphatic rings. The molecule has 0 saturated heterocycles. The quantitative estimate of drug-likeness (QED) is 0.267. The van der Waals surface area contributed by atoms with E-state index in [1.807, 2.05) is 31.2 Å². The maximum Gasteiger partial charge on any atom is 0.282 e. The van der Waals surface area contributed by atoms with Gasteiger partial charge in [0.05, 0.1) is 11.0 Å². The smallest absolute Gasteiger partial charge is 0.282 e. The fourth-order valence-electron chi connectivity index (χ4n) is 1.72. The molecule has 21 heavy (non-hydrogen) atoms. The van der Waals surface area contributed by atoms with Crippen LogP contribution in [0.25, 0.3) is 10.4 Å². The molecule has 0 aliphatic carbocycles. The minimum Gasteiger partial charge on any atom is -0.489 e. The first-order valence-electron chi connectivity index (χ1n) is 6.12. The Morgan fingerprint density at radius 3 is 2.62 bits per heavy atom. The second kappa shape index (κ2) is 6.40. The Hall–Kier alpha value is -3.05. The molecule has 7 nitrogen and oxygen atoms in total. The molecule has 0 aromatic heterocycles. The fraction of sp³-hybridized carbons (Fsp3) is 0.143. The van der Waals surface area contributed by atoms with Crippen LogP contribution in [0.5, 0.6) is 5.75 Å². The van der Waals surface area contributed by atoms with Crippen molar-refractivity contribution in [3.63, 3.8) is 0 Å². The highest BCUT2D eigenvalue weighted by atomic mass is 16.6. The largest absolute Gasteiger partial charge is 0.489 e. The number of azide groups is 1. The Bertz CT molecular complexity index is 707. The number of ether oxygens (including phenoxy) is 1. The number of nitro groups is 1. The third-order valence-electron chi connectivity index (χ3n) is 2.82. The van der Waals surface area contributed by atoms with Crippen LogP contribution < -0.4 is 4.74 Å². The summed E-state index contributed by atoms with van der Waals surface area (Å²) in [5.74, 6) is 0.346. The van der Waals surface area contributed by atoms with Gasteiger partial charge in [0.25, 0.3) is 5.69 Å². The van der Waals surface area contributed by atoms with E-state index in [0.29, 0.717) is 12.4 Å². The molecule has 7 heteroatoms. The van der Waals surface area contributed by atoms with Crippen molar-refractivity contribution in [1.82, 2.24) is 0 Å². The highest BCUT2D eigenvalue weighted by Gasteiger charge is 2.14. The zero-order valence-corrected chi connectivity index (χ0v) is 11.3. The molecule has 0 atom stereocenters. The lowest BCUT2D eigenvalue weighted by molar-refractivity contribution is -0.384. The molecular weight excluding hydrogens is 272 g/mol. The zero-order chi connectivity index (χ0) is 15.2. The van der Waals surface area contributed by atoms with E-state index in [0.717, 1.165) is 11.1 Å². The van der Waals surface area contributed by atoms with E-state index in [2.05, 4.69) is 10.0 Å². The highest BCUT2D eigenvalue weighted by Crippen LogP contribution is 2.31. The second-order valence-corrected chi connectivity index (χ2v) is 4.37. The minimum atomic E-state index is -0.608. The van der Waals surface area contributed by atoms with E-state index in [1.54, 1.807) is 0 Å². The summed E-state index contributed by atoms with van der Waals surface area (Å²) in [6.45, 7) is 2.29. The van der Waals surface area contributed by atoms with Crippen molar-refractivity contribution < 1.29 is 9.66 Å². The van der Waals surface area contributed by atoms with Crippen LogP contribution in [0.3, 0.4) is 0 Å². The molecule has 0 bridgehead atoms. The first-order chi connectivity index (χ1) is 10.1. The number of hydrogen-bond acceptors (Lipinski definition) is 4. The van der Waals surface area contributed by atoms with Gasteiger partial charge < -0.3 is 4.74 Å². The Balaban J connectivity index is 2.17. The van der Waals surface area contributed by atoms with Crippen molar-refractivity contribution in [2.24, 2.45) is 5.11 Å². The fourth-order valence-corrected chi connectivity index (χ4v) is 1.72. The lowest BCUT2D eigenvalue weighted by atomic mass is 10.2. The number of nitro benzene ring substituents is 1. The number of benzene rings is 2. The van der Waals surface area contributed by atoms with Crippen LogP contribution in [0.1, 0.15) is 11.1 Å². The SMILES string of the molecule is Cc1ccc(COc2ccc(N=[N+]=[N-])c([N+](=O)[O-])c2)cc1. The second-order valence-electron chi connectivity index (χ2n) is 4.37. The first-order valence-corrected chi connectivity index (χ1v) is 6.12. The van der Waals surface area contributed by atoms with Gasteiger partial charge in [-0.25, -0.2) is 0 Å². The minimum absolute atomic E-state index is 0.0369. The van der Waals surface area contributed by atoms with Gasteiger partial charge in [-0.3, -0.25) is 10.1 Å². The summed E-state index contributed by atoms with van der Waals surface area (Å²) < 4.78 is 5.52. The zero-order valence-electron chi connectivity index (χ0n) is 11.3. The Labute approximate surface area is 120 Å². The normalized spacial score (nSPS) is 9.76. The highest BCUT2D eigenvalue weighted by molar-refractivity contribution is 5.60. The summed E-state index contributed by atoms with van der Waals surface area (Å²) in [5.41, 5.74) is 10.2. The van der Waals surface area contributed by atoms with Gasteiger partial charge in [0.2, 0.25) is 0 Å². The summed E-state index contributed by atoms with van der Waals surface area (Å²) in [7, 11) is 0. The van der Waals surface area contributed by atoms with Crippen molar-refractivity contribution in [3.05, 3.63) is 74.1 Å². The van der Waals surface area contributed by atoms with E-state index in [1.165, 1.54) is 18.2 Å². The third kappa shape index (κ3) is 3.71. The van der Waals surface area contributed by atoms with Crippen LogP contribution in [0.4, 0.5) is 11.4 Å². The Kier molecular flexibility index (Phi) is 4.38. The molecule has 2 aromatic rings. The number of aryl methyl sites for hydroxylation is 1. The van der Waals surface area contributed by atoms with Gasteiger partial charge in [0.1, 0.15) is 18.0 Å². The van der Waals surface area contributed by atoms with Gasteiger partial charge in [-0.15, -0.1) is 0 Å². The van der Waals surface area contributed by atoms with Crippen LogP contribution >= 0.6 is 0 Å². The summed E-state index contributed by atoms with van der Waals surface area (Å²) in [6.07, 6.45) is 0. The molecule has 0 heterocycles. The van der Waals surface area contributed by atoms with Crippen LogP contribution in [-0.4, -0.2) is 4.92 Å². The molecule has 2 rings (SSSR count). The summed E-state index contributed by atoms with van der Waals surface area (Å²) in [6, 6.07) is 11.9. The number of rotatable bonds is 5. The predicted octanol–water partition coefficient (Wildman–Crippen LogP) is 4.42. The Morgan fingerprint density at radius 1 is 1.29 bits per heavy atom. The van der Waals surface area contributed by atoms with Crippen LogP contribution in [-0.2, 0) is 6.61 Å². The lowest BCUT2D eigenvalue weighted by Gasteiger charge is -2.07. The van der Waals surface area contributed by atoms with Gasteiger partial charge in [-0.05, 0) is 30.2 Å². The standard InChI is InChI=1S/C14H12N4O3/c1-10-2-4-11(5-3-10)9-21-12-6-7-13(16-17-15)14(8-12)18(19)20/h2-8H,9H2,1H3. The summed E-state index contributed by atoms with van der Waals surface area (Å²) in [5, 5.41) is 14.2. The van der Waals surface area contributed by atoms with Gasteiger partial charge in [0.15, 0.2) is 0 Å². The average Bonchev–Trinajstić information content (AvgIpc) is 2.48. The van der Waals surface area contributed by atoms with E-state index >= 15 is 0 Å². The maximum absolute atomic E-state index is 10.9. The van der Waals surface area contributed by atoms with Gasteiger partial charge in [-0.2, -0.15) is 0 Å². The molecule has 0 fully saturated rings. The lowest BCUT2D eigenvalue weighted by Crippen LogP contribution is -1.96. The Morgan fingerprint density at radius 2 is 2.00 bits per heavy atom. The van der Waals surface area contributed by atoms with E-state index in [4.69, 9.17) is 10.3 Å². The van der Waals surface area contributed by atoms with Crippen molar-refractivity contribution in [2.45, 2.75) is 13.5 Å². The van der Waals surface area contributed by atoms with Crippen LogP contribution in [0.15, 0.2) is 47.6 Å². The van der Waals surface area contributed by atoms with E-state index in [9.17, 15) is 10.1 Å². The van der Waals surface area contributed by atoms with E-state index < -0.39 is 4.92 Å². The first kappa shape index (κ1) is 14.4. The topological polar surface area (TPSA) is 101 Å². The number of hydrogen-bond donors (Lipinski definition) is 0. The molecule has 106 valence electrons. The van der Waals surface area contributed by atoms with Gasteiger partial charge >= 0.3 is 0 Å². The van der Waals surface area contributed by atoms with Gasteiger partial charge in [-0.1, -0.05) is 34.9 Å². The van der Waals surface area contributed by atoms with Crippen LogP contribution in [0, 0.1) is 17.0 Å². The van der Waals surface area contributed by atoms with Crippen molar-refractivity contribution >= 4 is 11.4 Å². The molecule has 0 aliphatic heterocycles. The van der Waals surface area contributed by atoms with Crippen molar-refractivity contribution in [3.8, 4) is 5.75 Å². The number of nitrogens with zero attached hydrogens (tertiary/aromatic N) is 4. The van der Waals surface area contributed by atoms with Crippen molar-refractivity contribution in [2.75, 3.05) is 0 Å². The monoisotopic (exact) mass is 284 g/mol.